The third kappa shape index (κ3) is 4.76. The quantitative estimate of drug-likeness (QED) is 0.467. The van der Waals surface area contributed by atoms with E-state index < -0.39 is 11.0 Å². The number of carbonyl (C=O) groups is 1. The number of amides is 1. The van der Waals surface area contributed by atoms with E-state index in [9.17, 15) is 19.7 Å². The largest absolute Gasteiger partial charge is 0.363 e. The number of nitro groups is 1. The molecule has 0 radical (unpaired) electrons. The van der Waals surface area contributed by atoms with Gasteiger partial charge in [0.05, 0.1) is 6.04 Å². The van der Waals surface area contributed by atoms with Crippen LogP contribution in [0.5, 0.6) is 0 Å². The summed E-state index contributed by atoms with van der Waals surface area (Å²) in [5, 5.41) is 11.9. The van der Waals surface area contributed by atoms with Gasteiger partial charge in [0.15, 0.2) is 0 Å². The molecule has 0 spiro atoms. The van der Waals surface area contributed by atoms with Crippen LogP contribution in [-0.2, 0) is 17.8 Å². The van der Waals surface area contributed by atoms with Crippen LogP contribution >= 0.6 is 11.6 Å². The van der Waals surface area contributed by atoms with Crippen LogP contribution in [0.25, 0.3) is 10.9 Å². The Kier molecular flexibility index (Phi) is 5.90. The number of carbonyl (C=O) groups excluding carboxylic acids is 1. The average Bonchev–Trinajstić information content (AvgIpc) is 2.68. The maximum Gasteiger partial charge on any atom is 0.363 e. The van der Waals surface area contributed by atoms with Gasteiger partial charge in [0, 0.05) is 48.1 Å². The number of likely N-dealkylation sites (N-methyl/N-ethyl adjacent to an activating group) is 1. The number of nitrogens with two attached hydrogens (primary N) is 1. The summed E-state index contributed by atoms with van der Waals surface area (Å²) >= 11 is 6.06. The fourth-order valence-electron chi connectivity index (χ4n) is 3.03. The van der Waals surface area contributed by atoms with Crippen molar-refractivity contribution in [2.24, 2.45) is 5.73 Å². The van der Waals surface area contributed by atoms with Crippen molar-refractivity contribution >= 4 is 34.2 Å². The summed E-state index contributed by atoms with van der Waals surface area (Å²) in [4.78, 5) is 42.6. The van der Waals surface area contributed by atoms with Crippen molar-refractivity contribution in [1.29, 1.82) is 0 Å². The number of nitrogens with one attached hydrogen (secondary N) is 1. The zero-order chi connectivity index (χ0) is 21.1. The maximum absolute atomic E-state index is 12.7. The van der Waals surface area contributed by atoms with Crippen LogP contribution in [0.1, 0.15) is 11.1 Å². The molecule has 0 fully saturated rings. The van der Waals surface area contributed by atoms with E-state index in [0.717, 1.165) is 5.39 Å². The van der Waals surface area contributed by atoms with Crippen molar-refractivity contribution in [2.75, 3.05) is 7.05 Å². The molecule has 10 heteroatoms. The number of fused-ring (bicyclic) bond motifs is 1. The lowest BCUT2D eigenvalue weighted by molar-refractivity contribution is -0.389. The van der Waals surface area contributed by atoms with Crippen LogP contribution in [0.3, 0.4) is 0 Å². The Hall–Kier alpha value is -3.30. The monoisotopic (exact) mass is 415 g/mol. The standard InChI is InChI=1S/C19H18ClN5O4/c1-24(10-12-7-18(26)23-16-4-3-13(20)8-14(12)16)19(27)15(21)6-11-2-5-17(22-9-11)25(28)29/h2-5,7-9,15H,6,10,21H2,1H3,(H,23,26). The van der Waals surface area contributed by atoms with Crippen LogP contribution < -0.4 is 11.3 Å². The lowest BCUT2D eigenvalue weighted by Gasteiger charge is -2.22. The predicted molar refractivity (Wildman–Crippen MR) is 109 cm³/mol. The first-order valence-electron chi connectivity index (χ1n) is 8.66. The predicted octanol–water partition coefficient (Wildman–Crippen LogP) is 2.01. The minimum Gasteiger partial charge on any atom is -0.358 e. The lowest BCUT2D eigenvalue weighted by atomic mass is 10.1. The molecule has 0 aliphatic rings. The molecular formula is C19H18ClN5O4. The number of halogens is 1. The Morgan fingerprint density at radius 2 is 2.10 bits per heavy atom. The number of pyridine rings is 2. The van der Waals surface area contributed by atoms with Gasteiger partial charge in [-0.15, -0.1) is 0 Å². The highest BCUT2D eigenvalue weighted by atomic mass is 35.5. The van der Waals surface area contributed by atoms with E-state index in [2.05, 4.69) is 9.97 Å². The van der Waals surface area contributed by atoms with Crippen LogP contribution in [0.15, 0.2) is 47.4 Å². The van der Waals surface area contributed by atoms with Crippen molar-refractivity contribution in [3.05, 3.63) is 79.2 Å². The van der Waals surface area contributed by atoms with Gasteiger partial charge in [0.1, 0.15) is 6.20 Å². The number of aromatic amines is 1. The second-order valence-electron chi connectivity index (χ2n) is 6.64. The Morgan fingerprint density at radius 3 is 2.76 bits per heavy atom. The number of hydrogen-bond acceptors (Lipinski definition) is 6. The minimum absolute atomic E-state index is 0.172. The van der Waals surface area contributed by atoms with Crippen LogP contribution in [0.4, 0.5) is 5.82 Å². The molecule has 1 aromatic carbocycles. The highest BCUT2D eigenvalue weighted by Gasteiger charge is 2.20. The normalized spacial score (nSPS) is 12.0. The summed E-state index contributed by atoms with van der Waals surface area (Å²) in [7, 11) is 1.59. The summed E-state index contributed by atoms with van der Waals surface area (Å²) in [5.41, 5.74) is 7.62. The van der Waals surface area contributed by atoms with Gasteiger partial charge in [-0.05, 0) is 45.3 Å². The Morgan fingerprint density at radius 1 is 1.34 bits per heavy atom. The first-order chi connectivity index (χ1) is 13.7. The SMILES string of the molecule is CN(Cc1cc(=O)[nH]c2ccc(Cl)cc12)C(=O)C(N)Cc1ccc([N+](=O)[O-])nc1. The number of aromatic nitrogens is 2. The van der Waals surface area contributed by atoms with Gasteiger partial charge in [-0.2, -0.15) is 0 Å². The average molecular weight is 416 g/mol. The van der Waals surface area contributed by atoms with Gasteiger partial charge in [0.25, 0.3) is 0 Å². The molecule has 3 N–H and O–H groups in total. The van der Waals surface area contributed by atoms with E-state index in [4.69, 9.17) is 17.3 Å². The maximum atomic E-state index is 12.7. The van der Waals surface area contributed by atoms with Crippen molar-refractivity contribution in [2.45, 2.75) is 19.0 Å². The molecule has 0 saturated heterocycles. The van der Waals surface area contributed by atoms with E-state index in [-0.39, 0.29) is 30.2 Å². The van der Waals surface area contributed by atoms with Crippen LogP contribution in [-0.4, -0.2) is 38.8 Å². The zero-order valence-electron chi connectivity index (χ0n) is 15.5. The molecule has 0 saturated carbocycles. The van der Waals surface area contributed by atoms with E-state index in [1.54, 1.807) is 25.2 Å². The summed E-state index contributed by atoms with van der Waals surface area (Å²) in [6.07, 6.45) is 1.51. The van der Waals surface area contributed by atoms with Gasteiger partial charge >= 0.3 is 5.82 Å². The minimum atomic E-state index is -0.861. The molecule has 3 rings (SSSR count). The number of benzene rings is 1. The summed E-state index contributed by atoms with van der Waals surface area (Å²) in [5.74, 6) is -0.607. The second-order valence-corrected chi connectivity index (χ2v) is 7.07. The molecular weight excluding hydrogens is 398 g/mol. The Labute approximate surface area is 170 Å². The third-order valence-electron chi connectivity index (χ3n) is 4.44. The topological polar surface area (TPSA) is 135 Å². The van der Waals surface area contributed by atoms with Gasteiger partial charge in [-0.3, -0.25) is 9.59 Å². The van der Waals surface area contributed by atoms with Gasteiger partial charge in [-0.1, -0.05) is 11.6 Å². The molecule has 2 aromatic heterocycles. The molecule has 150 valence electrons. The molecule has 0 aliphatic heterocycles. The fourth-order valence-corrected chi connectivity index (χ4v) is 3.20. The highest BCUT2D eigenvalue weighted by molar-refractivity contribution is 6.31. The number of nitrogens with zero attached hydrogens (tertiary/aromatic N) is 3. The molecule has 1 unspecified atom stereocenters. The molecule has 2 heterocycles. The molecule has 1 amide bonds. The van der Waals surface area contributed by atoms with E-state index in [1.807, 2.05) is 0 Å². The summed E-state index contributed by atoms with van der Waals surface area (Å²) in [6.45, 7) is 0.172. The first-order valence-corrected chi connectivity index (χ1v) is 9.03. The molecule has 9 nitrogen and oxygen atoms in total. The number of hydrogen-bond donors (Lipinski definition) is 2. The van der Waals surface area contributed by atoms with Crippen molar-refractivity contribution < 1.29 is 9.72 Å². The molecule has 3 aromatic rings. The third-order valence-corrected chi connectivity index (χ3v) is 4.68. The van der Waals surface area contributed by atoms with Crippen LogP contribution in [0, 0.1) is 10.1 Å². The smallest absolute Gasteiger partial charge is 0.358 e. The van der Waals surface area contributed by atoms with Crippen molar-refractivity contribution in [1.82, 2.24) is 14.9 Å². The van der Waals surface area contributed by atoms with E-state index in [0.29, 0.717) is 21.7 Å². The van der Waals surface area contributed by atoms with E-state index in [1.165, 1.54) is 29.3 Å². The van der Waals surface area contributed by atoms with Crippen molar-refractivity contribution in [3.63, 3.8) is 0 Å². The lowest BCUT2D eigenvalue weighted by Crippen LogP contribution is -2.42. The highest BCUT2D eigenvalue weighted by Crippen LogP contribution is 2.21. The van der Waals surface area contributed by atoms with Crippen molar-refractivity contribution in [3.8, 4) is 0 Å². The zero-order valence-corrected chi connectivity index (χ0v) is 16.2. The fraction of sp³-hybridized carbons (Fsp3) is 0.211. The number of rotatable bonds is 6. The van der Waals surface area contributed by atoms with Gasteiger partial charge in [-0.25, -0.2) is 0 Å². The summed E-state index contributed by atoms with van der Waals surface area (Å²) < 4.78 is 0. The molecule has 0 aliphatic carbocycles. The Bertz CT molecular complexity index is 1130. The Balaban J connectivity index is 1.75. The summed E-state index contributed by atoms with van der Waals surface area (Å²) in [6, 6.07) is 8.45. The van der Waals surface area contributed by atoms with Gasteiger partial charge < -0.3 is 25.7 Å². The van der Waals surface area contributed by atoms with Crippen LogP contribution in [0.2, 0.25) is 5.02 Å². The first kappa shape index (κ1) is 20.4. The molecule has 1 atom stereocenters. The second kappa shape index (κ2) is 8.38. The molecule has 29 heavy (non-hydrogen) atoms. The molecule has 0 bridgehead atoms. The number of H-pyrrole nitrogens is 1. The van der Waals surface area contributed by atoms with Gasteiger partial charge in [0.2, 0.25) is 11.5 Å². The van der Waals surface area contributed by atoms with E-state index >= 15 is 0 Å².